The lowest BCUT2D eigenvalue weighted by Crippen LogP contribution is -2.68. The van der Waals surface area contributed by atoms with Gasteiger partial charge in [-0.1, -0.05) is 72.3 Å². The van der Waals surface area contributed by atoms with Gasteiger partial charge in [0.25, 0.3) is 0 Å². The van der Waals surface area contributed by atoms with Gasteiger partial charge in [-0.15, -0.1) is 0 Å². The van der Waals surface area contributed by atoms with Crippen molar-refractivity contribution >= 4 is 10.0 Å². The summed E-state index contributed by atoms with van der Waals surface area (Å²) in [5.41, 5.74) is 5.71. The molecule has 5 nitrogen and oxygen atoms in total. The van der Waals surface area contributed by atoms with Crippen molar-refractivity contribution in [2.24, 2.45) is 0 Å². The molecule has 2 fully saturated rings. The molecular formula is C30H36N2O3S. The minimum Gasteiger partial charge on any atom is -0.383 e. The van der Waals surface area contributed by atoms with Crippen LogP contribution in [0, 0.1) is 13.8 Å². The van der Waals surface area contributed by atoms with Crippen LogP contribution in [0.15, 0.2) is 77.7 Å². The van der Waals surface area contributed by atoms with Crippen LogP contribution in [0.4, 0.5) is 0 Å². The van der Waals surface area contributed by atoms with Crippen LogP contribution in [0.25, 0.3) is 11.1 Å². The predicted molar refractivity (Wildman–Crippen MR) is 145 cm³/mol. The summed E-state index contributed by atoms with van der Waals surface area (Å²) in [4.78, 5) is 2.89. The van der Waals surface area contributed by atoms with E-state index in [-0.39, 0.29) is 18.0 Å². The molecule has 190 valence electrons. The maximum atomic E-state index is 13.7. The van der Waals surface area contributed by atoms with Crippen molar-refractivity contribution in [2.75, 3.05) is 33.4 Å². The van der Waals surface area contributed by atoms with E-state index in [1.807, 2.05) is 25.1 Å². The zero-order valence-electron chi connectivity index (χ0n) is 21.4. The van der Waals surface area contributed by atoms with E-state index < -0.39 is 10.0 Å². The largest absolute Gasteiger partial charge is 0.383 e. The first kappa shape index (κ1) is 25.2. The van der Waals surface area contributed by atoms with Gasteiger partial charge in [0.2, 0.25) is 10.0 Å². The van der Waals surface area contributed by atoms with Crippen molar-refractivity contribution in [3.8, 4) is 11.1 Å². The van der Waals surface area contributed by atoms with Gasteiger partial charge in [0.05, 0.1) is 11.5 Å². The van der Waals surface area contributed by atoms with Crippen LogP contribution in [-0.2, 0) is 14.8 Å². The van der Waals surface area contributed by atoms with Crippen molar-refractivity contribution in [3.05, 3.63) is 89.5 Å². The summed E-state index contributed by atoms with van der Waals surface area (Å²) in [7, 11) is -1.81. The van der Waals surface area contributed by atoms with Gasteiger partial charge in [-0.05, 0) is 61.6 Å². The smallest absolute Gasteiger partial charge is 0.243 e. The third-order valence-corrected chi connectivity index (χ3v) is 9.87. The molecule has 3 aromatic carbocycles. The zero-order valence-corrected chi connectivity index (χ0v) is 22.2. The van der Waals surface area contributed by atoms with Crippen LogP contribution in [0.2, 0.25) is 0 Å². The highest BCUT2D eigenvalue weighted by atomic mass is 32.2. The summed E-state index contributed by atoms with van der Waals surface area (Å²) in [6.45, 7) is 6.68. The third-order valence-electron chi connectivity index (χ3n) is 7.84. The van der Waals surface area contributed by atoms with Crippen LogP contribution in [-0.4, -0.2) is 63.1 Å². The second kappa shape index (κ2) is 10.5. The van der Waals surface area contributed by atoms with Crippen molar-refractivity contribution < 1.29 is 13.2 Å². The molecule has 0 spiro atoms. The Balaban J connectivity index is 1.45. The molecule has 2 aliphatic heterocycles. The normalized spacial score (nSPS) is 23.4. The van der Waals surface area contributed by atoms with Crippen LogP contribution in [0.1, 0.15) is 35.4 Å². The molecule has 0 radical (unpaired) electrons. The van der Waals surface area contributed by atoms with E-state index in [9.17, 15) is 8.42 Å². The first-order valence-corrected chi connectivity index (χ1v) is 14.3. The summed E-state index contributed by atoms with van der Waals surface area (Å²) in [5, 5.41) is 0. The molecule has 0 N–H and O–H groups in total. The number of sulfonamides is 1. The Morgan fingerprint density at radius 2 is 1.64 bits per heavy atom. The van der Waals surface area contributed by atoms with Crippen molar-refractivity contribution in [2.45, 2.75) is 49.6 Å². The lowest BCUT2D eigenvalue weighted by molar-refractivity contribution is -0.0635. The summed E-state index contributed by atoms with van der Waals surface area (Å²) in [6.07, 6.45) is 1.85. The van der Waals surface area contributed by atoms with Gasteiger partial charge in [-0.3, -0.25) is 4.90 Å². The van der Waals surface area contributed by atoms with Gasteiger partial charge in [-0.2, -0.15) is 4.31 Å². The van der Waals surface area contributed by atoms with Gasteiger partial charge in [0.1, 0.15) is 0 Å². The molecule has 6 heteroatoms. The number of aryl methyl sites for hydroxylation is 2. The molecule has 0 bridgehead atoms. The second-order valence-corrected chi connectivity index (χ2v) is 12.1. The molecule has 5 rings (SSSR count). The number of methoxy groups -OCH3 is 1. The standard InChI is InChI=1S/C30H36N2O3S/c1-22-9-8-11-26(19-22)24-13-15-25(16-14-24)30-27-20-31(17-6-7-18-32(27)28(30)21-35-3)36(33,34)29-12-5-4-10-23(29)2/h4-5,8-16,19,27-28,30H,6-7,17-18,20-21H2,1-3H3/t27?,28-,30+/m1/s1. The zero-order chi connectivity index (χ0) is 25.3. The molecule has 2 aliphatic rings. The topological polar surface area (TPSA) is 49.9 Å². The number of rotatable bonds is 6. The first-order valence-electron chi connectivity index (χ1n) is 12.9. The lowest BCUT2D eigenvalue weighted by atomic mass is 9.74. The number of ether oxygens (including phenoxy) is 1. The van der Waals surface area contributed by atoms with Crippen LogP contribution < -0.4 is 0 Å². The number of benzene rings is 3. The lowest BCUT2D eigenvalue weighted by Gasteiger charge is -2.57. The summed E-state index contributed by atoms with van der Waals surface area (Å²) in [6, 6.07) is 25.1. The fourth-order valence-electron chi connectivity index (χ4n) is 5.99. The van der Waals surface area contributed by atoms with E-state index in [1.54, 1.807) is 17.5 Å². The molecule has 1 unspecified atom stereocenters. The Kier molecular flexibility index (Phi) is 7.31. The minimum absolute atomic E-state index is 0.133. The van der Waals surface area contributed by atoms with Crippen LogP contribution in [0.3, 0.4) is 0 Å². The molecule has 0 saturated carbocycles. The van der Waals surface area contributed by atoms with E-state index in [1.165, 1.54) is 22.3 Å². The van der Waals surface area contributed by atoms with E-state index in [0.717, 1.165) is 24.9 Å². The fraction of sp³-hybridized carbons (Fsp3) is 0.400. The van der Waals surface area contributed by atoms with E-state index in [2.05, 4.69) is 60.4 Å². The highest BCUT2D eigenvalue weighted by Crippen LogP contribution is 2.43. The Morgan fingerprint density at radius 3 is 2.36 bits per heavy atom. The molecule has 0 amide bonds. The fourth-order valence-corrected chi connectivity index (χ4v) is 7.71. The Morgan fingerprint density at radius 1 is 0.889 bits per heavy atom. The molecule has 36 heavy (non-hydrogen) atoms. The van der Waals surface area contributed by atoms with Gasteiger partial charge in [0, 0.05) is 38.2 Å². The Labute approximate surface area is 215 Å². The quantitative estimate of drug-likeness (QED) is 0.461. The number of fused-ring (bicyclic) bond motifs is 1. The average molecular weight is 505 g/mol. The van der Waals surface area contributed by atoms with Gasteiger partial charge >= 0.3 is 0 Å². The van der Waals surface area contributed by atoms with Crippen molar-refractivity contribution in [1.29, 1.82) is 0 Å². The molecule has 0 aliphatic carbocycles. The van der Waals surface area contributed by atoms with Gasteiger partial charge < -0.3 is 4.74 Å². The molecule has 2 heterocycles. The van der Waals surface area contributed by atoms with Gasteiger partial charge in [-0.25, -0.2) is 8.42 Å². The van der Waals surface area contributed by atoms with Crippen molar-refractivity contribution in [1.82, 2.24) is 9.21 Å². The summed E-state index contributed by atoms with van der Waals surface area (Å²) < 4.78 is 34.8. The van der Waals surface area contributed by atoms with E-state index >= 15 is 0 Å². The number of hydrogen-bond acceptors (Lipinski definition) is 4. The average Bonchev–Trinajstić information content (AvgIpc) is 2.85. The minimum atomic E-state index is -3.56. The summed E-state index contributed by atoms with van der Waals surface area (Å²) in [5.74, 6) is 0.226. The predicted octanol–water partition coefficient (Wildman–Crippen LogP) is 5.24. The Hall–Kier alpha value is -2.51. The molecule has 3 aromatic rings. The van der Waals surface area contributed by atoms with Gasteiger partial charge in [0.15, 0.2) is 0 Å². The maximum Gasteiger partial charge on any atom is 0.243 e. The first-order chi connectivity index (χ1) is 17.4. The second-order valence-electron chi connectivity index (χ2n) is 10.2. The van der Waals surface area contributed by atoms with Crippen molar-refractivity contribution in [3.63, 3.8) is 0 Å². The highest BCUT2D eigenvalue weighted by Gasteiger charge is 2.50. The molecule has 0 aromatic heterocycles. The maximum absolute atomic E-state index is 13.7. The monoisotopic (exact) mass is 504 g/mol. The Bertz CT molecular complexity index is 1310. The number of hydrogen-bond donors (Lipinski definition) is 0. The molecule has 3 atom stereocenters. The third kappa shape index (κ3) is 4.75. The van der Waals surface area contributed by atoms with Crippen LogP contribution in [0.5, 0.6) is 0 Å². The highest BCUT2D eigenvalue weighted by molar-refractivity contribution is 7.89. The van der Waals surface area contributed by atoms with E-state index in [0.29, 0.717) is 24.6 Å². The van der Waals surface area contributed by atoms with Crippen LogP contribution >= 0.6 is 0 Å². The van der Waals surface area contributed by atoms with E-state index in [4.69, 9.17) is 4.74 Å². The molecule has 2 saturated heterocycles. The number of nitrogens with zero attached hydrogens (tertiary/aromatic N) is 2. The SMILES string of the molecule is COC[C@@H]1[C@@H](c2ccc(-c3cccc(C)c3)cc2)C2CN(S(=O)(=O)c3ccccc3C)CCCCN21. The summed E-state index contributed by atoms with van der Waals surface area (Å²) >= 11 is 0. The molecular weight excluding hydrogens is 468 g/mol.